The Morgan fingerprint density at radius 2 is 1.79 bits per heavy atom. The van der Waals surface area contributed by atoms with Gasteiger partial charge in [-0.25, -0.2) is 0 Å². The van der Waals surface area contributed by atoms with Crippen LogP contribution in [0.3, 0.4) is 0 Å². The van der Waals surface area contributed by atoms with E-state index in [9.17, 15) is 0 Å². The van der Waals surface area contributed by atoms with Crippen molar-refractivity contribution in [1.29, 1.82) is 0 Å². The van der Waals surface area contributed by atoms with Gasteiger partial charge in [0.15, 0.2) is 0 Å². The van der Waals surface area contributed by atoms with E-state index in [0.29, 0.717) is 5.92 Å². The number of hydrogen-bond donors (Lipinski definition) is 1. The standard InChI is InChI=1S/C18H29N/c1-5-15-7-6-8-16(11-15)18(19)17-10-13(3)12(2)9-14(17)4/h9-10,15-16,18H,5-8,11,19H2,1-4H3. The first kappa shape index (κ1) is 14.6. The lowest BCUT2D eigenvalue weighted by atomic mass is 9.74. The lowest BCUT2D eigenvalue weighted by Crippen LogP contribution is -2.27. The Bertz CT molecular complexity index is 436. The minimum absolute atomic E-state index is 0.230. The first-order valence-corrected chi connectivity index (χ1v) is 7.86. The molecule has 0 amide bonds. The molecule has 1 saturated carbocycles. The average Bonchev–Trinajstić information content (AvgIpc) is 2.42. The monoisotopic (exact) mass is 259 g/mol. The fraction of sp³-hybridized carbons (Fsp3) is 0.667. The van der Waals surface area contributed by atoms with E-state index < -0.39 is 0 Å². The van der Waals surface area contributed by atoms with Gasteiger partial charge in [-0.05, 0) is 67.7 Å². The molecule has 2 N–H and O–H groups in total. The molecule has 0 heterocycles. The molecule has 1 heteroatoms. The number of rotatable bonds is 3. The van der Waals surface area contributed by atoms with Crippen molar-refractivity contribution in [2.45, 2.75) is 65.8 Å². The number of aryl methyl sites for hydroxylation is 3. The van der Waals surface area contributed by atoms with Crippen molar-refractivity contribution in [2.75, 3.05) is 0 Å². The minimum atomic E-state index is 0.230. The van der Waals surface area contributed by atoms with Crippen molar-refractivity contribution >= 4 is 0 Å². The van der Waals surface area contributed by atoms with Crippen LogP contribution in [0.15, 0.2) is 12.1 Å². The number of hydrogen-bond acceptors (Lipinski definition) is 1. The average molecular weight is 259 g/mol. The lowest BCUT2D eigenvalue weighted by Gasteiger charge is -2.33. The summed E-state index contributed by atoms with van der Waals surface area (Å²) in [4.78, 5) is 0. The third-order valence-electron chi connectivity index (χ3n) is 5.15. The van der Waals surface area contributed by atoms with Crippen molar-refractivity contribution in [3.8, 4) is 0 Å². The highest BCUT2D eigenvalue weighted by Gasteiger charge is 2.27. The molecule has 0 aromatic heterocycles. The van der Waals surface area contributed by atoms with Crippen LogP contribution < -0.4 is 5.73 Å². The summed E-state index contributed by atoms with van der Waals surface area (Å²) in [6.07, 6.45) is 6.72. The first-order chi connectivity index (χ1) is 9.02. The van der Waals surface area contributed by atoms with Gasteiger partial charge in [-0.2, -0.15) is 0 Å². The Hall–Kier alpha value is -0.820. The van der Waals surface area contributed by atoms with Crippen LogP contribution in [0.1, 0.15) is 67.3 Å². The summed E-state index contributed by atoms with van der Waals surface area (Å²) in [5, 5.41) is 0. The fourth-order valence-corrected chi connectivity index (χ4v) is 3.63. The van der Waals surface area contributed by atoms with Gasteiger partial charge in [-0.15, -0.1) is 0 Å². The summed E-state index contributed by atoms with van der Waals surface area (Å²) in [5.41, 5.74) is 12.1. The highest BCUT2D eigenvalue weighted by atomic mass is 14.7. The molecule has 1 aromatic rings. The first-order valence-electron chi connectivity index (χ1n) is 7.86. The summed E-state index contributed by atoms with van der Waals surface area (Å²) >= 11 is 0. The molecule has 0 aliphatic heterocycles. The van der Waals surface area contributed by atoms with E-state index in [4.69, 9.17) is 5.73 Å². The van der Waals surface area contributed by atoms with E-state index >= 15 is 0 Å². The number of nitrogens with two attached hydrogens (primary N) is 1. The molecule has 1 nitrogen and oxygen atoms in total. The third kappa shape index (κ3) is 3.20. The molecular formula is C18H29N. The fourth-order valence-electron chi connectivity index (χ4n) is 3.63. The Balaban J connectivity index is 2.19. The van der Waals surface area contributed by atoms with E-state index in [1.54, 1.807) is 0 Å². The molecule has 1 aliphatic carbocycles. The van der Waals surface area contributed by atoms with Crippen molar-refractivity contribution < 1.29 is 0 Å². The van der Waals surface area contributed by atoms with Crippen LogP contribution in [0, 0.1) is 32.6 Å². The highest BCUT2D eigenvalue weighted by Crippen LogP contribution is 2.38. The number of benzene rings is 1. The molecule has 0 spiro atoms. The second-order valence-corrected chi connectivity index (χ2v) is 6.52. The summed E-state index contributed by atoms with van der Waals surface area (Å²) in [6.45, 7) is 8.91. The van der Waals surface area contributed by atoms with Crippen LogP contribution in [-0.4, -0.2) is 0 Å². The van der Waals surface area contributed by atoms with E-state index in [1.165, 1.54) is 54.4 Å². The van der Waals surface area contributed by atoms with Crippen LogP contribution in [-0.2, 0) is 0 Å². The van der Waals surface area contributed by atoms with E-state index in [1.807, 2.05) is 0 Å². The van der Waals surface area contributed by atoms with Gasteiger partial charge in [0.05, 0.1) is 0 Å². The van der Waals surface area contributed by atoms with Crippen LogP contribution in [0.2, 0.25) is 0 Å². The molecule has 106 valence electrons. The Morgan fingerprint density at radius 3 is 2.47 bits per heavy atom. The molecule has 0 saturated heterocycles. The summed E-state index contributed by atoms with van der Waals surface area (Å²) in [7, 11) is 0. The van der Waals surface area contributed by atoms with Gasteiger partial charge in [0.25, 0.3) is 0 Å². The molecule has 0 radical (unpaired) electrons. The van der Waals surface area contributed by atoms with Crippen molar-refractivity contribution in [3.63, 3.8) is 0 Å². The molecule has 3 atom stereocenters. The molecule has 1 fully saturated rings. The maximum Gasteiger partial charge on any atom is 0.0326 e. The maximum atomic E-state index is 6.61. The zero-order valence-corrected chi connectivity index (χ0v) is 13.0. The largest absolute Gasteiger partial charge is 0.324 e. The molecule has 19 heavy (non-hydrogen) atoms. The van der Waals surface area contributed by atoms with Gasteiger partial charge in [0.1, 0.15) is 0 Å². The van der Waals surface area contributed by atoms with E-state index in [2.05, 4.69) is 39.8 Å². The SMILES string of the molecule is CCC1CCCC(C(N)c2cc(C)c(C)cc2C)C1. The Labute approximate surface area is 118 Å². The van der Waals surface area contributed by atoms with E-state index in [-0.39, 0.29) is 6.04 Å². The van der Waals surface area contributed by atoms with Gasteiger partial charge in [0.2, 0.25) is 0 Å². The highest BCUT2D eigenvalue weighted by molar-refractivity contribution is 5.38. The molecule has 1 aromatic carbocycles. The topological polar surface area (TPSA) is 26.0 Å². The van der Waals surface area contributed by atoms with Crippen molar-refractivity contribution in [2.24, 2.45) is 17.6 Å². The predicted molar refractivity (Wildman–Crippen MR) is 83.3 cm³/mol. The summed E-state index contributed by atoms with van der Waals surface area (Å²) in [5.74, 6) is 1.58. The van der Waals surface area contributed by atoms with Crippen molar-refractivity contribution in [1.82, 2.24) is 0 Å². The van der Waals surface area contributed by atoms with Crippen LogP contribution in [0.5, 0.6) is 0 Å². The predicted octanol–water partition coefficient (Wildman–Crippen LogP) is 4.83. The van der Waals surface area contributed by atoms with Gasteiger partial charge in [-0.3, -0.25) is 0 Å². The molecule has 0 bridgehead atoms. The third-order valence-corrected chi connectivity index (χ3v) is 5.15. The second kappa shape index (κ2) is 6.09. The van der Waals surface area contributed by atoms with Crippen LogP contribution in [0.25, 0.3) is 0 Å². The quantitative estimate of drug-likeness (QED) is 0.826. The van der Waals surface area contributed by atoms with Crippen LogP contribution in [0.4, 0.5) is 0 Å². The molecule has 1 aliphatic rings. The smallest absolute Gasteiger partial charge is 0.0326 e. The Morgan fingerprint density at radius 1 is 1.11 bits per heavy atom. The lowest BCUT2D eigenvalue weighted by molar-refractivity contribution is 0.230. The van der Waals surface area contributed by atoms with Gasteiger partial charge >= 0.3 is 0 Å². The van der Waals surface area contributed by atoms with Gasteiger partial charge in [0, 0.05) is 6.04 Å². The zero-order chi connectivity index (χ0) is 14.0. The normalized spacial score (nSPS) is 25.3. The van der Waals surface area contributed by atoms with Crippen LogP contribution >= 0.6 is 0 Å². The zero-order valence-electron chi connectivity index (χ0n) is 13.0. The second-order valence-electron chi connectivity index (χ2n) is 6.52. The molecular weight excluding hydrogens is 230 g/mol. The summed E-state index contributed by atoms with van der Waals surface area (Å²) in [6, 6.07) is 4.85. The molecule has 3 unspecified atom stereocenters. The molecule has 2 rings (SSSR count). The maximum absolute atomic E-state index is 6.61. The van der Waals surface area contributed by atoms with Crippen molar-refractivity contribution in [3.05, 3.63) is 34.4 Å². The van der Waals surface area contributed by atoms with E-state index in [0.717, 1.165) is 5.92 Å². The minimum Gasteiger partial charge on any atom is -0.324 e. The summed E-state index contributed by atoms with van der Waals surface area (Å²) < 4.78 is 0. The Kier molecular flexibility index (Phi) is 4.67. The van der Waals surface area contributed by atoms with Gasteiger partial charge in [-0.1, -0.05) is 38.3 Å². The van der Waals surface area contributed by atoms with Gasteiger partial charge < -0.3 is 5.73 Å².